The van der Waals surface area contributed by atoms with Crippen molar-refractivity contribution in [1.82, 2.24) is 4.90 Å². The predicted octanol–water partition coefficient (Wildman–Crippen LogP) is 3.04. The first-order chi connectivity index (χ1) is 8.40. The molecular weight excluding hydrogens is 268 g/mol. The van der Waals surface area contributed by atoms with Gasteiger partial charge in [0.25, 0.3) is 0 Å². The van der Waals surface area contributed by atoms with Crippen molar-refractivity contribution in [1.29, 1.82) is 0 Å². The van der Waals surface area contributed by atoms with E-state index in [1.54, 1.807) is 17.9 Å². The van der Waals surface area contributed by atoms with E-state index >= 15 is 0 Å². The van der Waals surface area contributed by atoms with Gasteiger partial charge in [-0.25, -0.2) is 0 Å². The second kappa shape index (κ2) is 6.36. The Labute approximate surface area is 117 Å². The van der Waals surface area contributed by atoms with E-state index in [2.05, 4.69) is 6.58 Å². The number of amides is 1. The van der Waals surface area contributed by atoms with Crippen molar-refractivity contribution in [3.63, 3.8) is 0 Å². The van der Waals surface area contributed by atoms with Gasteiger partial charge in [-0.15, -0.1) is 17.9 Å². The second-order valence-electron chi connectivity index (χ2n) is 4.45. The van der Waals surface area contributed by atoms with Crippen molar-refractivity contribution in [3.05, 3.63) is 34.0 Å². The molecule has 0 aliphatic rings. The molecule has 0 aliphatic heterocycles. The van der Waals surface area contributed by atoms with E-state index in [0.717, 1.165) is 9.21 Å². The van der Waals surface area contributed by atoms with Crippen LogP contribution in [0.2, 0.25) is 4.34 Å². The molecule has 1 amide bonds. The lowest BCUT2D eigenvalue weighted by Crippen LogP contribution is -2.52. The van der Waals surface area contributed by atoms with Crippen LogP contribution in [0.4, 0.5) is 0 Å². The third-order valence-corrected chi connectivity index (χ3v) is 4.05. The standard InChI is InChI=1S/C13H19ClN2OS/c1-4-8-16(12(17)13(3,15)5-2)9-10-6-7-11(14)18-10/h4,6-7H,1,5,8-9,15H2,2-3H3. The summed E-state index contributed by atoms with van der Waals surface area (Å²) in [6, 6.07) is 3.76. The molecule has 2 N–H and O–H groups in total. The molecule has 3 nitrogen and oxygen atoms in total. The number of rotatable bonds is 6. The van der Waals surface area contributed by atoms with Gasteiger partial charge in [-0.1, -0.05) is 24.6 Å². The van der Waals surface area contributed by atoms with Gasteiger partial charge in [-0.05, 0) is 25.5 Å². The second-order valence-corrected chi connectivity index (χ2v) is 6.25. The van der Waals surface area contributed by atoms with E-state index < -0.39 is 5.54 Å². The molecule has 18 heavy (non-hydrogen) atoms. The molecule has 0 aliphatic carbocycles. The fraction of sp³-hybridized carbons (Fsp3) is 0.462. The van der Waals surface area contributed by atoms with Gasteiger partial charge >= 0.3 is 0 Å². The molecule has 1 unspecified atom stereocenters. The molecule has 0 bridgehead atoms. The number of nitrogens with two attached hydrogens (primary N) is 1. The molecule has 1 heterocycles. The maximum atomic E-state index is 12.3. The fourth-order valence-electron chi connectivity index (χ4n) is 1.51. The van der Waals surface area contributed by atoms with Crippen molar-refractivity contribution in [2.75, 3.05) is 6.54 Å². The van der Waals surface area contributed by atoms with E-state index in [0.29, 0.717) is 19.5 Å². The van der Waals surface area contributed by atoms with Crippen molar-refractivity contribution in [2.24, 2.45) is 5.73 Å². The number of carbonyl (C=O) groups excluding carboxylic acids is 1. The minimum atomic E-state index is -0.829. The molecule has 0 saturated carbocycles. The van der Waals surface area contributed by atoms with Gasteiger partial charge in [-0.3, -0.25) is 4.79 Å². The fourth-order valence-corrected chi connectivity index (χ4v) is 2.62. The van der Waals surface area contributed by atoms with Crippen molar-refractivity contribution in [3.8, 4) is 0 Å². The van der Waals surface area contributed by atoms with Crippen LogP contribution in [0.25, 0.3) is 0 Å². The third-order valence-electron chi connectivity index (χ3n) is 2.84. The average Bonchev–Trinajstić information content (AvgIpc) is 2.73. The zero-order chi connectivity index (χ0) is 13.8. The first-order valence-corrected chi connectivity index (χ1v) is 7.03. The maximum absolute atomic E-state index is 12.3. The molecule has 0 fully saturated rings. The third kappa shape index (κ3) is 3.83. The summed E-state index contributed by atoms with van der Waals surface area (Å²) in [5, 5.41) is 0. The number of hydrogen-bond donors (Lipinski definition) is 1. The summed E-state index contributed by atoms with van der Waals surface area (Å²) >= 11 is 7.36. The topological polar surface area (TPSA) is 46.3 Å². The summed E-state index contributed by atoms with van der Waals surface area (Å²) in [7, 11) is 0. The van der Waals surface area contributed by atoms with Gasteiger partial charge in [0.2, 0.25) is 5.91 Å². The summed E-state index contributed by atoms with van der Waals surface area (Å²) in [6.07, 6.45) is 2.31. The van der Waals surface area contributed by atoms with Gasteiger partial charge < -0.3 is 10.6 Å². The summed E-state index contributed by atoms with van der Waals surface area (Å²) in [5.41, 5.74) is 5.17. The summed E-state index contributed by atoms with van der Waals surface area (Å²) in [6.45, 7) is 8.36. The van der Waals surface area contributed by atoms with Crippen molar-refractivity contribution < 1.29 is 4.79 Å². The number of hydrogen-bond acceptors (Lipinski definition) is 3. The monoisotopic (exact) mass is 286 g/mol. The van der Waals surface area contributed by atoms with Crippen LogP contribution < -0.4 is 5.73 Å². The Kier molecular flexibility index (Phi) is 5.38. The molecule has 1 atom stereocenters. The van der Waals surface area contributed by atoms with Crippen molar-refractivity contribution in [2.45, 2.75) is 32.4 Å². The van der Waals surface area contributed by atoms with Gasteiger partial charge in [0.15, 0.2) is 0 Å². The van der Waals surface area contributed by atoms with Gasteiger partial charge in [0.1, 0.15) is 0 Å². The summed E-state index contributed by atoms with van der Waals surface area (Å²) < 4.78 is 0.724. The smallest absolute Gasteiger partial charge is 0.242 e. The Morgan fingerprint density at radius 2 is 2.33 bits per heavy atom. The van der Waals surface area contributed by atoms with E-state index in [9.17, 15) is 4.79 Å². The SMILES string of the molecule is C=CCN(Cc1ccc(Cl)s1)C(=O)C(C)(N)CC. The first-order valence-electron chi connectivity index (χ1n) is 5.84. The Morgan fingerprint density at radius 1 is 1.67 bits per heavy atom. The zero-order valence-corrected chi connectivity index (χ0v) is 12.4. The highest BCUT2D eigenvalue weighted by atomic mass is 35.5. The molecule has 1 aromatic heterocycles. The molecule has 0 spiro atoms. The lowest BCUT2D eigenvalue weighted by Gasteiger charge is -2.30. The summed E-state index contributed by atoms with van der Waals surface area (Å²) in [5.74, 6) is -0.0607. The van der Waals surface area contributed by atoms with Crippen LogP contribution in [0.1, 0.15) is 25.1 Å². The van der Waals surface area contributed by atoms with E-state index in [1.807, 2.05) is 19.1 Å². The number of thiophene rings is 1. The van der Waals surface area contributed by atoms with Gasteiger partial charge in [0, 0.05) is 11.4 Å². The molecule has 100 valence electrons. The Balaban J connectivity index is 2.82. The highest BCUT2D eigenvalue weighted by Gasteiger charge is 2.30. The highest BCUT2D eigenvalue weighted by Crippen LogP contribution is 2.23. The summed E-state index contributed by atoms with van der Waals surface area (Å²) in [4.78, 5) is 15.1. The molecule has 1 aromatic rings. The zero-order valence-electron chi connectivity index (χ0n) is 10.8. The molecular formula is C13H19ClN2OS. The molecule has 0 saturated heterocycles. The van der Waals surface area contributed by atoms with Crippen LogP contribution >= 0.6 is 22.9 Å². The number of nitrogens with zero attached hydrogens (tertiary/aromatic N) is 1. The van der Waals surface area contributed by atoms with Crippen molar-refractivity contribution >= 4 is 28.8 Å². The largest absolute Gasteiger partial charge is 0.332 e. The maximum Gasteiger partial charge on any atom is 0.242 e. The van der Waals surface area contributed by atoms with Crippen LogP contribution in [0, 0.1) is 0 Å². The van der Waals surface area contributed by atoms with Crippen LogP contribution in [-0.2, 0) is 11.3 Å². The van der Waals surface area contributed by atoms with Gasteiger partial charge in [-0.2, -0.15) is 0 Å². The normalized spacial score (nSPS) is 14.0. The molecule has 1 rings (SSSR count). The lowest BCUT2D eigenvalue weighted by molar-refractivity contribution is -0.136. The minimum Gasteiger partial charge on any atom is -0.332 e. The predicted molar refractivity (Wildman–Crippen MR) is 77.8 cm³/mol. The lowest BCUT2D eigenvalue weighted by atomic mass is 9.98. The number of halogens is 1. The van der Waals surface area contributed by atoms with Crippen LogP contribution in [0.15, 0.2) is 24.8 Å². The first kappa shape index (κ1) is 15.2. The van der Waals surface area contributed by atoms with E-state index in [-0.39, 0.29) is 5.91 Å². The van der Waals surface area contributed by atoms with E-state index in [4.69, 9.17) is 17.3 Å². The quantitative estimate of drug-likeness (QED) is 0.817. The van der Waals surface area contributed by atoms with Crippen LogP contribution in [0.3, 0.4) is 0 Å². The Morgan fingerprint density at radius 3 is 2.78 bits per heavy atom. The average molecular weight is 287 g/mol. The minimum absolute atomic E-state index is 0.0607. The Bertz CT molecular complexity index is 428. The highest BCUT2D eigenvalue weighted by molar-refractivity contribution is 7.16. The van der Waals surface area contributed by atoms with Gasteiger partial charge in [0.05, 0.1) is 16.4 Å². The molecule has 0 aromatic carbocycles. The van der Waals surface area contributed by atoms with Crippen LogP contribution in [0.5, 0.6) is 0 Å². The molecule has 0 radical (unpaired) electrons. The van der Waals surface area contributed by atoms with E-state index in [1.165, 1.54) is 11.3 Å². The molecule has 5 heteroatoms. The van der Waals surface area contributed by atoms with Crippen LogP contribution in [-0.4, -0.2) is 22.9 Å². The number of carbonyl (C=O) groups is 1. The Hall–Kier alpha value is -0.840.